The third-order valence-corrected chi connectivity index (χ3v) is 8.86. The van der Waals surface area contributed by atoms with Crippen LogP contribution in [0.1, 0.15) is 62.1 Å². The van der Waals surface area contributed by atoms with Crippen molar-refractivity contribution in [1.29, 1.82) is 0 Å². The number of hydrogen-bond acceptors (Lipinski definition) is 6. The van der Waals surface area contributed by atoms with Crippen LogP contribution in [0.2, 0.25) is 0 Å². The molecule has 10 heteroatoms. The Labute approximate surface area is 178 Å². The van der Waals surface area contributed by atoms with Crippen molar-refractivity contribution in [3.63, 3.8) is 0 Å². The number of hydrogen-bond donors (Lipinski definition) is 2. The SMILES string of the molecule is Cc1cc(S(=O)(=O)C2CC2)c([C@@H](CC2CCCC2)C(=O)Nc2ncc(F)s2)c(=O)[nH]1. The molecule has 1 atom stereocenters. The first-order chi connectivity index (χ1) is 14.3. The number of H-pyrrole nitrogens is 1. The molecule has 2 N–H and O–H groups in total. The summed E-state index contributed by atoms with van der Waals surface area (Å²) in [5.74, 6) is -1.25. The average Bonchev–Trinajstić information content (AvgIpc) is 3.29. The van der Waals surface area contributed by atoms with E-state index < -0.39 is 37.6 Å². The molecule has 162 valence electrons. The number of sulfone groups is 1. The minimum atomic E-state index is -3.70. The number of aromatic amines is 1. The lowest BCUT2D eigenvalue weighted by molar-refractivity contribution is -0.118. The number of amides is 1. The van der Waals surface area contributed by atoms with Crippen molar-refractivity contribution < 1.29 is 17.6 Å². The second-order valence-corrected chi connectivity index (χ2v) is 11.4. The molecule has 2 aromatic heterocycles. The zero-order chi connectivity index (χ0) is 21.5. The highest BCUT2D eigenvalue weighted by Crippen LogP contribution is 2.39. The molecule has 2 aromatic rings. The lowest BCUT2D eigenvalue weighted by Gasteiger charge is -2.22. The molecule has 0 saturated heterocycles. The molecular weight excluding hydrogens is 429 g/mol. The number of anilines is 1. The van der Waals surface area contributed by atoms with E-state index in [9.17, 15) is 22.4 Å². The molecule has 0 spiro atoms. The summed E-state index contributed by atoms with van der Waals surface area (Å²) in [6.45, 7) is 1.63. The number of rotatable bonds is 7. The van der Waals surface area contributed by atoms with Gasteiger partial charge in [-0.1, -0.05) is 37.0 Å². The summed E-state index contributed by atoms with van der Waals surface area (Å²) in [7, 11) is -3.70. The second kappa shape index (κ2) is 8.22. The fourth-order valence-corrected chi connectivity index (χ4v) is 6.78. The van der Waals surface area contributed by atoms with E-state index in [1.54, 1.807) is 6.92 Å². The van der Waals surface area contributed by atoms with Crippen molar-refractivity contribution in [1.82, 2.24) is 9.97 Å². The van der Waals surface area contributed by atoms with Crippen LogP contribution in [0.5, 0.6) is 0 Å². The Kier molecular flexibility index (Phi) is 5.80. The molecule has 2 aliphatic carbocycles. The Bertz CT molecular complexity index is 1120. The number of halogens is 1. The predicted molar refractivity (Wildman–Crippen MR) is 112 cm³/mol. The third-order valence-electron chi connectivity index (χ3n) is 5.85. The standard InChI is InChI=1S/C20H24FN3O4S2/c1-11-8-15(30(27,28)13-6-7-13)17(19(26)23-11)14(9-12-4-2-3-5-12)18(25)24-20-22-10-16(21)29-20/h8,10,12-14H,2-7,9H2,1H3,(H,23,26)(H,22,24,25)/t14-/m1/s1. The number of carbonyl (C=O) groups excluding carboxylic acids is 1. The highest BCUT2D eigenvalue weighted by atomic mass is 32.2. The van der Waals surface area contributed by atoms with E-state index in [1.165, 1.54) is 6.07 Å². The molecule has 0 unspecified atom stereocenters. The Morgan fingerprint density at radius 3 is 2.63 bits per heavy atom. The van der Waals surface area contributed by atoms with Crippen LogP contribution >= 0.6 is 11.3 Å². The smallest absolute Gasteiger partial charge is 0.253 e. The van der Waals surface area contributed by atoms with E-state index >= 15 is 0 Å². The summed E-state index contributed by atoms with van der Waals surface area (Å²) in [4.78, 5) is 32.6. The molecular formula is C20H24FN3O4S2. The Morgan fingerprint density at radius 1 is 1.33 bits per heavy atom. The monoisotopic (exact) mass is 453 g/mol. The first-order valence-electron chi connectivity index (χ1n) is 10.2. The number of aryl methyl sites for hydroxylation is 1. The summed E-state index contributed by atoms with van der Waals surface area (Å²) in [5.41, 5.74) is -0.128. The van der Waals surface area contributed by atoms with Crippen LogP contribution in [0.3, 0.4) is 0 Å². The van der Waals surface area contributed by atoms with Gasteiger partial charge in [-0.05, 0) is 38.2 Å². The molecule has 1 amide bonds. The van der Waals surface area contributed by atoms with Gasteiger partial charge in [-0.3, -0.25) is 9.59 Å². The maximum absolute atomic E-state index is 13.3. The summed E-state index contributed by atoms with van der Waals surface area (Å²) < 4.78 is 39.5. The average molecular weight is 454 g/mol. The Balaban J connectivity index is 1.78. The van der Waals surface area contributed by atoms with E-state index in [0.717, 1.165) is 31.9 Å². The van der Waals surface area contributed by atoms with Crippen LogP contribution in [-0.2, 0) is 14.6 Å². The topological polar surface area (TPSA) is 109 Å². The number of carbonyl (C=O) groups is 1. The van der Waals surface area contributed by atoms with Crippen LogP contribution in [0.15, 0.2) is 22.0 Å². The van der Waals surface area contributed by atoms with Crippen molar-refractivity contribution in [3.8, 4) is 0 Å². The van der Waals surface area contributed by atoms with Crippen LogP contribution in [0.4, 0.5) is 9.52 Å². The van der Waals surface area contributed by atoms with Gasteiger partial charge in [0.15, 0.2) is 20.1 Å². The number of nitrogens with one attached hydrogen (secondary N) is 2. The van der Waals surface area contributed by atoms with Gasteiger partial charge in [-0.2, -0.15) is 4.39 Å². The van der Waals surface area contributed by atoms with Gasteiger partial charge in [0.25, 0.3) is 5.56 Å². The summed E-state index contributed by atoms with van der Waals surface area (Å²) in [5, 5.41) is 1.63. The Morgan fingerprint density at radius 2 is 2.03 bits per heavy atom. The summed E-state index contributed by atoms with van der Waals surface area (Å²) in [6, 6.07) is 1.46. The summed E-state index contributed by atoms with van der Waals surface area (Å²) in [6.07, 6.45) is 6.47. The van der Waals surface area contributed by atoms with Crippen LogP contribution in [0, 0.1) is 18.0 Å². The van der Waals surface area contributed by atoms with Crippen molar-refractivity contribution in [3.05, 3.63) is 39.0 Å². The number of pyridine rings is 1. The lowest BCUT2D eigenvalue weighted by atomic mass is 9.87. The molecule has 4 rings (SSSR count). The third kappa shape index (κ3) is 4.34. The Hall–Kier alpha value is -2.07. The van der Waals surface area contributed by atoms with Crippen molar-refractivity contribution in [2.24, 2.45) is 5.92 Å². The molecule has 0 aliphatic heterocycles. The maximum Gasteiger partial charge on any atom is 0.253 e. The summed E-state index contributed by atoms with van der Waals surface area (Å²) >= 11 is 0.689. The van der Waals surface area contributed by atoms with Gasteiger partial charge in [0, 0.05) is 11.3 Å². The molecule has 0 radical (unpaired) electrons. The zero-order valence-electron chi connectivity index (χ0n) is 16.6. The molecule has 2 saturated carbocycles. The first-order valence-corrected chi connectivity index (χ1v) is 12.5. The van der Waals surface area contributed by atoms with Crippen molar-refractivity contribution in [2.45, 2.75) is 67.9 Å². The van der Waals surface area contributed by atoms with Crippen LogP contribution < -0.4 is 10.9 Å². The van der Waals surface area contributed by atoms with E-state index in [2.05, 4.69) is 15.3 Å². The minimum absolute atomic E-state index is 0.00562. The molecule has 0 aromatic carbocycles. The molecule has 30 heavy (non-hydrogen) atoms. The van der Waals surface area contributed by atoms with E-state index in [4.69, 9.17) is 0 Å². The van der Waals surface area contributed by atoms with Gasteiger partial charge in [-0.25, -0.2) is 13.4 Å². The van der Waals surface area contributed by atoms with E-state index in [0.29, 0.717) is 36.3 Å². The molecule has 7 nitrogen and oxygen atoms in total. The zero-order valence-corrected chi connectivity index (χ0v) is 18.2. The number of aromatic nitrogens is 2. The van der Waals surface area contributed by atoms with Gasteiger partial charge < -0.3 is 10.3 Å². The normalized spacial score (nSPS) is 18.5. The number of nitrogens with zero attached hydrogens (tertiary/aromatic N) is 1. The van der Waals surface area contributed by atoms with Gasteiger partial charge in [0.2, 0.25) is 5.91 Å². The lowest BCUT2D eigenvalue weighted by Crippen LogP contribution is -2.31. The fraction of sp³-hybridized carbons (Fsp3) is 0.550. The quantitative estimate of drug-likeness (QED) is 0.667. The van der Waals surface area contributed by atoms with Gasteiger partial charge in [0.1, 0.15) is 0 Å². The highest BCUT2D eigenvalue weighted by molar-refractivity contribution is 7.92. The largest absolute Gasteiger partial charge is 0.326 e. The van der Waals surface area contributed by atoms with E-state index in [-0.39, 0.29) is 21.5 Å². The minimum Gasteiger partial charge on any atom is -0.326 e. The van der Waals surface area contributed by atoms with Crippen LogP contribution in [-0.4, -0.2) is 29.5 Å². The molecule has 0 bridgehead atoms. The number of thiazole rings is 1. The highest BCUT2D eigenvalue weighted by Gasteiger charge is 2.41. The van der Waals surface area contributed by atoms with Gasteiger partial charge >= 0.3 is 0 Å². The molecule has 2 heterocycles. The van der Waals surface area contributed by atoms with Gasteiger partial charge in [-0.15, -0.1) is 0 Å². The second-order valence-electron chi connectivity index (χ2n) is 8.20. The fourth-order valence-electron chi connectivity index (χ4n) is 4.23. The first kappa shape index (κ1) is 21.2. The van der Waals surface area contributed by atoms with E-state index in [1.807, 2.05) is 0 Å². The van der Waals surface area contributed by atoms with Gasteiger partial charge in [0.05, 0.1) is 22.3 Å². The van der Waals surface area contributed by atoms with Crippen molar-refractivity contribution in [2.75, 3.05) is 5.32 Å². The molecule has 2 aliphatic rings. The maximum atomic E-state index is 13.3. The predicted octanol–water partition coefficient (Wildman–Crippen LogP) is 3.52. The van der Waals surface area contributed by atoms with Crippen LogP contribution in [0.25, 0.3) is 0 Å². The molecule has 2 fully saturated rings. The van der Waals surface area contributed by atoms with Crippen molar-refractivity contribution >= 4 is 32.2 Å².